The van der Waals surface area contributed by atoms with Crippen LogP contribution in [0.2, 0.25) is 0 Å². The van der Waals surface area contributed by atoms with Crippen LogP contribution in [-0.4, -0.2) is 43.5 Å². The van der Waals surface area contributed by atoms with E-state index in [0.29, 0.717) is 13.0 Å². The molecular weight excluding hydrogens is 262 g/mol. The summed E-state index contributed by atoms with van der Waals surface area (Å²) in [6.07, 6.45) is 3.15. The minimum Gasteiger partial charge on any atom is -0.385 e. The second kappa shape index (κ2) is 7.91. The lowest BCUT2D eigenvalue weighted by Crippen LogP contribution is -2.31. The Hall–Kier alpha value is -1.71. The third-order valence-electron chi connectivity index (χ3n) is 4.12. The van der Waals surface area contributed by atoms with E-state index in [-0.39, 0.29) is 5.91 Å². The summed E-state index contributed by atoms with van der Waals surface area (Å²) in [5.41, 5.74) is 2.39. The highest BCUT2D eigenvalue weighted by atomic mass is 16.2. The van der Waals surface area contributed by atoms with Crippen LogP contribution < -0.4 is 10.2 Å². The fourth-order valence-corrected chi connectivity index (χ4v) is 2.81. The number of benzene rings is 1. The Kier molecular flexibility index (Phi) is 5.90. The van der Waals surface area contributed by atoms with Gasteiger partial charge in [-0.1, -0.05) is 0 Å². The fraction of sp³-hybridized carbons (Fsp3) is 0.588. The molecule has 1 saturated heterocycles. The summed E-state index contributed by atoms with van der Waals surface area (Å²) in [7, 11) is 0. The summed E-state index contributed by atoms with van der Waals surface area (Å²) in [6.45, 7) is 8.66. The quantitative estimate of drug-likeness (QED) is 0.838. The van der Waals surface area contributed by atoms with Crippen LogP contribution >= 0.6 is 0 Å². The monoisotopic (exact) mass is 289 g/mol. The van der Waals surface area contributed by atoms with E-state index in [2.05, 4.69) is 34.5 Å². The van der Waals surface area contributed by atoms with Crippen molar-refractivity contribution in [3.63, 3.8) is 0 Å². The van der Waals surface area contributed by atoms with E-state index in [4.69, 9.17) is 0 Å². The second-order valence-electron chi connectivity index (χ2n) is 5.48. The number of carbonyl (C=O) groups excluding carboxylic acids is 1. The van der Waals surface area contributed by atoms with Crippen molar-refractivity contribution in [1.29, 1.82) is 0 Å². The maximum Gasteiger partial charge on any atom is 0.224 e. The molecule has 1 fully saturated rings. The number of hydrogen-bond donors (Lipinski definition) is 1. The van der Waals surface area contributed by atoms with Crippen LogP contribution in [0.4, 0.5) is 11.4 Å². The molecule has 21 heavy (non-hydrogen) atoms. The van der Waals surface area contributed by atoms with Crippen LogP contribution in [0.1, 0.15) is 33.1 Å². The Bertz CT molecular complexity index is 434. The van der Waals surface area contributed by atoms with E-state index in [9.17, 15) is 4.79 Å². The van der Waals surface area contributed by atoms with Crippen LogP contribution in [0.5, 0.6) is 0 Å². The summed E-state index contributed by atoms with van der Waals surface area (Å²) in [5, 5.41) is 3.33. The summed E-state index contributed by atoms with van der Waals surface area (Å²) < 4.78 is 0. The molecule has 2 rings (SSSR count). The van der Waals surface area contributed by atoms with Gasteiger partial charge in [0.05, 0.1) is 0 Å². The lowest BCUT2D eigenvalue weighted by atomic mass is 10.2. The topological polar surface area (TPSA) is 35.6 Å². The average molecular weight is 289 g/mol. The molecule has 0 spiro atoms. The predicted octanol–water partition coefficient (Wildman–Crippen LogP) is 2.96. The van der Waals surface area contributed by atoms with Crippen molar-refractivity contribution in [1.82, 2.24) is 4.90 Å². The fourth-order valence-electron chi connectivity index (χ4n) is 2.81. The number of anilines is 2. The molecule has 1 aromatic carbocycles. The molecular formula is C17H27N3O. The van der Waals surface area contributed by atoms with Crippen LogP contribution in [0.15, 0.2) is 24.3 Å². The van der Waals surface area contributed by atoms with E-state index in [0.717, 1.165) is 18.8 Å². The maximum atomic E-state index is 11.9. The van der Waals surface area contributed by atoms with Gasteiger partial charge in [0.1, 0.15) is 0 Å². The zero-order chi connectivity index (χ0) is 15.1. The Labute approximate surface area is 128 Å². The van der Waals surface area contributed by atoms with Gasteiger partial charge in [-0.3, -0.25) is 4.79 Å². The third-order valence-corrected chi connectivity index (χ3v) is 4.12. The molecule has 0 aromatic heterocycles. The van der Waals surface area contributed by atoms with Gasteiger partial charge in [-0.05, 0) is 51.0 Å². The minimum absolute atomic E-state index is 0.223. The molecule has 1 aromatic rings. The summed E-state index contributed by atoms with van der Waals surface area (Å²) in [6, 6.07) is 8.55. The standard InChI is InChI=1S/C17H27N3O/c1-3-19(4-2)17(21)11-12-18-15-7-9-16(10-8-15)20-13-5-6-14-20/h7-10,18H,3-6,11-14H2,1-2H3. The zero-order valence-electron chi connectivity index (χ0n) is 13.3. The highest BCUT2D eigenvalue weighted by Crippen LogP contribution is 2.21. The first-order valence-electron chi connectivity index (χ1n) is 8.11. The molecule has 1 aliphatic rings. The maximum absolute atomic E-state index is 11.9. The van der Waals surface area contributed by atoms with E-state index in [1.54, 1.807) is 0 Å². The Morgan fingerprint density at radius 2 is 1.76 bits per heavy atom. The zero-order valence-corrected chi connectivity index (χ0v) is 13.3. The Morgan fingerprint density at radius 3 is 2.33 bits per heavy atom. The first-order valence-corrected chi connectivity index (χ1v) is 8.11. The molecule has 0 saturated carbocycles. The smallest absolute Gasteiger partial charge is 0.224 e. The van der Waals surface area contributed by atoms with Crippen molar-refractivity contribution in [2.45, 2.75) is 33.1 Å². The normalized spacial score (nSPS) is 14.3. The van der Waals surface area contributed by atoms with Crippen molar-refractivity contribution in [2.75, 3.05) is 42.9 Å². The van der Waals surface area contributed by atoms with Crippen LogP contribution in [0, 0.1) is 0 Å². The van der Waals surface area contributed by atoms with E-state index >= 15 is 0 Å². The molecule has 0 radical (unpaired) electrons. The summed E-state index contributed by atoms with van der Waals surface area (Å²) >= 11 is 0. The number of rotatable bonds is 7. The largest absolute Gasteiger partial charge is 0.385 e. The molecule has 1 amide bonds. The molecule has 0 bridgehead atoms. The van der Waals surface area contributed by atoms with Crippen LogP contribution in [0.25, 0.3) is 0 Å². The van der Waals surface area contributed by atoms with E-state index < -0.39 is 0 Å². The van der Waals surface area contributed by atoms with Gasteiger partial charge in [-0.15, -0.1) is 0 Å². The van der Waals surface area contributed by atoms with Crippen LogP contribution in [-0.2, 0) is 4.79 Å². The van der Waals surface area contributed by atoms with Crippen molar-refractivity contribution in [2.24, 2.45) is 0 Å². The first-order chi connectivity index (χ1) is 10.2. The molecule has 4 heteroatoms. The minimum atomic E-state index is 0.223. The molecule has 4 nitrogen and oxygen atoms in total. The molecule has 1 heterocycles. The van der Waals surface area contributed by atoms with Crippen LogP contribution in [0.3, 0.4) is 0 Å². The first kappa shape index (κ1) is 15.7. The molecule has 0 aliphatic carbocycles. The summed E-state index contributed by atoms with van der Waals surface area (Å²) in [5.74, 6) is 0.223. The van der Waals surface area contributed by atoms with Crippen molar-refractivity contribution in [3.05, 3.63) is 24.3 Å². The Balaban J connectivity index is 1.77. The molecule has 0 atom stereocenters. The predicted molar refractivity (Wildman–Crippen MR) is 88.9 cm³/mol. The van der Waals surface area contributed by atoms with Gasteiger partial charge in [-0.2, -0.15) is 0 Å². The summed E-state index contributed by atoms with van der Waals surface area (Å²) in [4.78, 5) is 16.2. The third kappa shape index (κ3) is 4.38. The number of nitrogens with zero attached hydrogens (tertiary/aromatic N) is 2. The lowest BCUT2D eigenvalue weighted by molar-refractivity contribution is -0.130. The van der Waals surface area contributed by atoms with Gasteiger partial charge in [0.2, 0.25) is 5.91 Å². The van der Waals surface area contributed by atoms with Gasteiger partial charge in [-0.25, -0.2) is 0 Å². The molecule has 0 unspecified atom stereocenters. The van der Waals surface area contributed by atoms with Gasteiger partial charge in [0, 0.05) is 50.5 Å². The van der Waals surface area contributed by atoms with E-state index in [1.807, 2.05) is 18.7 Å². The molecule has 116 valence electrons. The Morgan fingerprint density at radius 1 is 1.14 bits per heavy atom. The van der Waals surface area contributed by atoms with E-state index in [1.165, 1.54) is 31.6 Å². The molecule has 1 N–H and O–H groups in total. The van der Waals surface area contributed by atoms with Crippen molar-refractivity contribution >= 4 is 17.3 Å². The second-order valence-corrected chi connectivity index (χ2v) is 5.48. The van der Waals surface area contributed by atoms with Gasteiger partial charge < -0.3 is 15.1 Å². The highest BCUT2D eigenvalue weighted by Gasteiger charge is 2.12. The molecule has 1 aliphatic heterocycles. The van der Waals surface area contributed by atoms with Gasteiger partial charge >= 0.3 is 0 Å². The van der Waals surface area contributed by atoms with Gasteiger partial charge in [0.25, 0.3) is 0 Å². The SMILES string of the molecule is CCN(CC)C(=O)CCNc1ccc(N2CCCC2)cc1. The number of hydrogen-bond acceptors (Lipinski definition) is 3. The van der Waals surface area contributed by atoms with Crippen molar-refractivity contribution < 1.29 is 4.79 Å². The highest BCUT2D eigenvalue weighted by molar-refractivity contribution is 5.76. The van der Waals surface area contributed by atoms with Gasteiger partial charge in [0.15, 0.2) is 0 Å². The van der Waals surface area contributed by atoms with Crippen molar-refractivity contribution in [3.8, 4) is 0 Å². The lowest BCUT2D eigenvalue weighted by Gasteiger charge is -2.19. The number of amides is 1. The average Bonchev–Trinajstić information content (AvgIpc) is 3.03. The number of nitrogens with one attached hydrogen (secondary N) is 1. The number of carbonyl (C=O) groups is 1.